The maximum Gasteiger partial charge on any atom is 0.0803 e. The highest BCUT2D eigenvalue weighted by atomic mass is 35.5. The van der Waals surface area contributed by atoms with Crippen molar-refractivity contribution in [2.75, 3.05) is 0 Å². The van der Waals surface area contributed by atoms with E-state index in [-0.39, 0.29) is 0 Å². The number of pyridine rings is 1. The zero-order chi connectivity index (χ0) is 12.4. The van der Waals surface area contributed by atoms with E-state index in [9.17, 15) is 0 Å². The van der Waals surface area contributed by atoms with Crippen LogP contribution in [0.4, 0.5) is 0 Å². The minimum atomic E-state index is -0.392. The van der Waals surface area contributed by atoms with Crippen LogP contribution in [0, 0.1) is 0 Å². The molecule has 1 unspecified atom stereocenters. The van der Waals surface area contributed by atoms with Gasteiger partial charge in [-0.3, -0.25) is 4.98 Å². The minimum absolute atomic E-state index is 0.392. The Morgan fingerprint density at radius 3 is 2.24 bits per heavy atom. The summed E-state index contributed by atoms with van der Waals surface area (Å²) in [5.41, 5.74) is 7.57. The highest BCUT2D eigenvalue weighted by molar-refractivity contribution is 6.34. The molecule has 0 amide bonds. The molecule has 17 heavy (non-hydrogen) atoms. The molecule has 1 aromatic heterocycles. The molecular formula is C12H9Cl3N2. The fraction of sp³-hybridized carbons (Fsp3) is 0.0833. The van der Waals surface area contributed by atoms with E-state index in [2.05, 4.69) is 4.98 Å². The van der Waals surface area contributed by atoms with Crippen LogP contribution in [-0.2, 0) is 0 Å². The van der Waals surface area contributed by atoms with Crippen LogP contribution >= 0.6 is 34.8 Å². The molecule has 2 aromatic rings. The first-order valence-electron chi connectivity index (χ1n) is 4.90. The van der Waals surface area contributed by atoms with E-state index in [0.29, 0.717) is 20.8 Å². The molecule has 0 spiro atoms. The second kappa shape index (κ2) is 5.23. The third kappa shape index (κ3) is 2.90. The lowest BCUT2D eigenvalue weighted by Gasteiger charge is -2.13. The van der Waals surface area contributed by atoms with Crippen LogP contribution < -0.4 is 5.73 Å². The molecule has 0 bridgehead atoms. The second-order valence-electron chi connectivity index (χ2n) is 3.55. The van der Waals surface area contributed by atoms with Crippen LogP contribution in [0.25, 0.3) is 0 Å². The Bertz CT molecular complexity index is 526. The van der Waals surface area contributed by atoms with Crippen molar-refractivity contribution in [2.24, 2.45) is 5.73 Å². The Morgan fingerprint density at radius 2 is 1.65 bits per heavy atom. The molecule has 0 radical (unpaired) electrons. The number of hydrogen-bond acceptors (Lipinski definition) is 2. The monoisotopic (exact) mass is 286 g/mol. The van der Waals surface area contributed by atoms with Crippen LogP contribution in [0.1, 0.15) is 17.3 Å². The summed E-state index contributed by atoms with van der Waals surface area (Å²) in [4.78, 5) is 4.15. The molecule has 0 fully saturated rings. The summed E-state index contributed by atoms with van der Waals surface area (Å²) in [6, 6.07) is 8.48. The van der Waals surface area contributed by atoms with E-state index < -0.39 is 6.04 Å². The molecule has 1 aromatic carbocycles. The van der Waals surface area contributed by atoms with Gasteiger partial charge in [-0.15, -0.1) is 0 Å². The summed E-state index contributed by atoms with van der Waals surface area (Å²) in [7, 11) is 0. The van der Waals surface area contributed by atoms with Gasteiger partial charge in [0.05, 0.1) is 21.8 Å². The number of benzene rings is 1. The van der Waals surface area contributed by atoms with Crippen LogP contribution in [0.5, 0.6) is 0 Å². The molecule has 2 nitrogen and oxygen atoms in total. The van der Waals surface area contributed by atoms with Crippen LogP contribution in [0.3, 0.4) is 0 Å². The lowest BCUT2D eigenvalue weighted by atomic mass is 10.0. The molecule has 2 N–H and O–H groups in total. The number of aromatic nitrogens is 1. The summed E-state index contributed by atoms with van der Waals surface area (Å²) in [6.07, 6.45) is 1.53. The molecule has 0 saturated carbocycles. The summed E-state index contributed by atoms with van der Waals surface area (Å²) < 4.78 is 0. The molecule has 2 rings (SSSR count). The second-order valence-corrected chi connectivity index (χ2v) is 4.83. The van der Waals surface area contributed by atoms with Gasteiger partial charge < -0.3 is 5.73 Å². The first-order chi connectivity index (χ1) is 8.08. The lowest BCUT2D eigenvalue weighted by molar-refractivity contribution is 0.829. The van der Waals surface area contributed by atoms with E-state index in [1.807, 2.05) is 12.1 Å². The molecule has 1 atom stereocenters. The Balaban J connectivity index is 2.36. The van der Waals surface area contributed by atoms with Gasteiger partial charge in [0.2, 0.25) is 0 Å². The zero-order valence-corrected chi connectivity index (χ0v) is 11.0. The predicted octanol–water partition coefficient (Wildman–Crippen LogP) is 4.09. The molecule has 0 saturated heterocycles. The van der Waals surface area contributed by atoms with Crippen molar-refractivity contribution in [3.63, 3.8) is 0 Å². The summed E-state index contributed by atoms with van der Waals surface area (Å²) in [5.74, 6) is 0. The average molecular weight is 288 g/mol. The van der Waals surface area contributed by atoms with Crippen LogP contribution in [0.15, 0.2) is 36.5 Å². The Labute approximate surface area is 114 Å². The van der Waals surface area contributed by atoms with E-state index in [4.69, 9.17) is 40.5 Å². The third-order valence-corrected chi connectivity index (χ3v) is 3.12. The van der Waals surface area contributed by atoms with E-state index in [1.165, 1.54) is 6.20 Å². The maximum atomic E-state index is 6.08. The standard InChI is InChI=1S/C12H9Cl3N2/c13-8-3-1-7(2-4-8)11(16)12-10(15)5-9(14)6-17-12/h1-6,11H,16H2. The minimum Gasteiger partial charge on any atom is -0.319 e. The van der Waals surface area contributed by atoms with E-state index in [1.54, 1.807) is 18.2 Å². The summed E-state index contributed by atoms with van der Waals surface area (Å²) >= 11 is 17.7. The van der Waals surface area contributed by atoms with Gasteiger partial charge in [-0.1, -0.05) is 46.9 Å². The Hall–Kier alpha value is -0.800. The van der Waals surface area contributed by atoms with Crippen molar-refractivity contribution >= 4 is 34.8 Å². The van der Waals surface area contributed by atoms with Gasteiger partial charge in [-0.2, -0.15) is 0 Å². The van der Waals surface area contributed by atoms with E-state index in [0.717, 1.165) is 5.56 Å². The maximum absolute atomic E-state index is 6.08. The average Bonchev–Trinajstić information content (AvgIpc) is 2.29. The quantitative estimate of drug-likeness (QED) is 0.903. The third-order valence-electron chi connectivity index (χ3n) is 2.36. The molecule has 5 heteroatoms. The first kappa shape index (κ1) is 12.7. The zero-order valence-electron chi connectivity index (χ0n) is 8.70. The van der Waals surface area contributed by atoms with E-state index >= 15 is 0 Å². The Morgan fingerprint density at radius 1 is 1.00 bits per heavy atom. The van der Waals surface area contributed by atoms with Gasteiger partial charge in [0.25, 0.3) is 0 Å². The molecule has 0 aliphatic carbocycles. The van der Waals surface area contributed by atoms with Gasteiger partial charge in [-0.05, 0) is 23.8 Å². The summed E-state index contributed by atoms with van der Waals surface area (Å²) in [6.45, 7) is 0. The highest BCUT2D eigenvalue weighted by Gasteiger charge is 2.14. The SMILES string of the molecule is NC(c1ccc(Cl)cc1)c1ncc(Cl)cc1Cl. The van der Waals surface area contributed by atoms with Gasteiger partial charge in [0.15, 0.2) is 0 Å². The predicted molar refractivity (Wildman–Crippen MR) is 71.7 cm³/mol. The normalized spacial score (nSPS) is 12.5. The first-order valence-corrected chi connectivity index (χ1v) is 6.03. The highest BCUT2D eigenvalue weighted by Crippen LogP contribution is 2.27. The molecule has 88 valence electrons. The number of rotatable bonds is 2. The van der Waals surface area contributed by atoms with Crippen LogP contribution in [-0.4, -0.2) is 4.98 Å². The molecular weight excluding hydrogens is 279 g/mol. The fourth-order valence-corrected chi connectivity index (χ4v) is 2.11. The van der Waals surface area contributed by atoms with Gasteiger partial charge >= 0.3 is 0 Å². The van der Waals surface area contributed by atoms with Crippen molar-refractivity contribution in [2.45, 2.75) is 6.04 Å². The van der Waals surface area contributed by atoms with Crippen LogP contribution in [0.2, 0.25) is 15.1 Å². The molecule has 1 heterocycles. The van der Waals surface area contributed by atoms with Crippen molar-refractivity contribution in [3.8, 4) is 0 Å². The summed E-state index contributed by atoms with van der Waals surface area (Å²) in [5, 5.41) is 1.61. The Kier molecular flexibility index (Phi) is 3.89. The largest absolute Gasteiger partial charge is 0.319 e. The number of halogens is 3. The lowest BCUT2D eigenvalue weighted by Crippen LogP contribution is -2.13. The number of hydrogen-bond donors (Lipinski definition) is 1. The van der Waals surface area contributed by atoms with Gasteiger partial charge in [0.1, 0.15) is 0 Å². The van der Waals surface area contributed by atoms with Crippen molar-refractivity contribution in [3.05, 3.63) is 62.9 Å². The van der Waals surface area contributed by atoms with Gasteiger partial charge in [0, 0.05) is 11.2 Å². The van der Waals surface area contributed by atoms with Gasteiger partial charge in [-0.25, -0.2) is 0 Å². The van der Waals surface area contributed by atoms with Crippen molar-refractivity contribution in [1.29, 1.82) is 0 Å². The topological polar surface area (TPSA) is 38.9 Å². The molecule has 0 aliphatic rings. The molecule has 0 aliphatic heterocycles. The fourth-order valence-electron chi connectivity index (χ4n) is 1.48. The van der Waals surface area contributed by atoms with Crippen molar-refractivity contribution < 1.29 is 0 Å². The number of nitrogens with zero attached hydrogens (tertiary/aromatic N) is 1. The van der Waals surface area contributed by atoms with Crippen molar-refractivity contribution in [1.82, 2.24) is 4.98 Å². The smallest absolute Gasteiger partial charge is 0.0803 e. The number of nitrogens with two attached hydrogens (primary N) is 1.